The maximum absolute atomic E-state index is 10.8. The van der Waals surface area contributed by atoms with E-state index in [2.05, 4.69) is 15.6 Å². The molecular formula is C24H34N6O3S. The molecule has 0 saturated heterocycles. The second-order valence-corrected chi connectivity index (χ2v) is 10.6. The number of thiazole rings is 1. The van der Waals surface area contributed by atoms with Crippen LogP contribution in [0.25, 0.3) is 20.8 Å². The van der Waals surface area contributed by atoms with Crippen LogP contribution in [0.5, 0.6) is 0 Å². The number of hydrogen-bond acceptors (Lipinski definition) is 10. The highest BCUT2D eigenvalue weighted by Gasteiger charge is 2.40. The summed E-state index contributed by atoms with van der Waals surface area (Å²) in [6, 6.07) is 1.73. The lowest BCUT2D eigenvalue weighted by molar-refractivity contribution is 0.0140. The number of ether oxygens (including phenoxy) is 1. The second-order valence-electron chi connectivity index (χ2n) is 9.53. The van der Waals surface area contributed by atoms with Crippen LogP contribution >= 0.6 is 11.3 Å². The third-order valence-electron chi connectivity index (χ3n) is 6.45. The van der Waals surface area contributed by atoms with Crippen LogP contribution in [0.2, 0.25) is 0 Å². The highest BCUT2D eigenvalue weighted by Crippen LogP contribution is 2.40. The molecule has 0 aliphatic heterocycles. The molecule has 1 saturated carbocycles. The summed E-state index contributed by atoms with van der Waals surface area (Å²) in [5, 5.41) is 28.8. The van der Waals surface area contributed by atoms with Crippen LogP contribution in [0.4, 0.5) is 11.8 Å². The van der Waals surface area contributed by atoms with Gasteiger partial charge in [-0.05, 0) is 58.9 Å². The molecule has 10 heteroatoms. The number of nitrogens with one attached hydrogen (secondary N) is 2. The number of pyridine rings is 1. The summed E-state index contributed by atoms with van der Waals surface area (Å²) in [5.41, 5.74) is 2.51. The van der Waals surface area contributed by atoms with Gasteiger partial charge in [-0.2, -0.15) is 4.98 Å². The average Bonchev–Trinajstić information content (AvgIpc) is 3.35. The Kier molecular flexibility index (Phi) is 7.32. The third-order valence-corrected chi connectivity index (χ3v) is 7.49. The smallest absolute Gasteiger partial charge is 0.224 e. The lowest BCUT2D eigenvalue weighted by atomic mass is 9.89. The number of nitrogens with zero attached hydrogens (tertiary/aromatic N) is 4. The van der Waals surface area contributed by atoms with E-state index in [0.29, 0.717) is 37.8 Å². The zero-order valence-electron chi connectivity index (χ0n) is 20.4. The molecule has 3 heterocycles. The van der Waals surface area contributed by atoms with Crippen LogP contribution in [0.15, 0.2) is 12.3 Å². The van der Waals surface area contributed by atoms with Crippen LogP contribution in [0, 0.1) is 19.8 Å². The monoisotopic (exact) mass is 486 g/mol. The fourth-order valence-corrected chi connectivity index (χ4v) is 5.55. The van der Waals surface area contributed by atoms with E-state index in [-0.39, 0.29) is 12.0 Å². The van der Waals surface area contributed by atoms with E-state index in [1.54, 1.807) is 38.5 Å². The first-order valence-corrected chi connectivity index (χ1v) is 12.5. The third kappa shape index (κ3) is 5.30. The number of hydrogen-bond donors (Lipinski definition) is 4. The van der Waals surface area contributed by atoms with Crippen molar-refractivity contribution in [3.8, 4) is 10.6 Å². The van der Waals surface area contributed by atoms with Crippen molar-refractivity contribution < 1.29 is 14.9 Å². The van der Waals surface area contributed by atoms with Gasteiger partial charge in [-0.25, -0.2) is 9.97 Å². The van der Waals surface area contributed by atoms with E-state index in [1.165, 1.54) is 0 Å². The molecule has 34 heavy (non-hydrogen) atoms. The van der Waals surface area contributed by atoms with Gasteiger partial charge in [0, 0.05) is 26.5 Å². The van der Waals surface area contributed by atoms with Gasteiger partial charge in [-0.1, -0.05) is 0 Å². The first kappa shape index (κ1) is 24.7. The number of aliphatic hydroxyl groups is 2. The normalized spacial score (nSPS) is 20.7. The lowest BCUT2D eigenvalue weighted by Gasteiger charge is -2.25. The highest BCUT2D eigenvalue weighted by molar-refractivity contribution is 7.21. The fraction of sp³-hybridized carbons (Fsp3) is 0.583. The zero-order chi connectivity index (χ0) is 24.5. The zero-order valence-corrected chi connectivity index (χ0v) is 21.2. The van der Waals surface area contributed by atoms with Gasteiger partial charge in [0.05, 0.1) is 39.4 Å². The molecular weight excluding hydrogens is 452 g/mol. The molecule has 3 atom stereocenters. The van der Waals surface area contributed by atoms with Crippen LogP contribution in [-0.4, -0.2) is 68.2 Å². The molecule has 0 radical (unpaired) electrons. The largest absolute Gasteiger partial charge is 0.391 e. The number of aliphatic hydroxyl groups excluding tert-OH is 1. The minimum absolute atomic E-state index is 0.00537. The summed E-state index contributed by atoms with van der Waals surface area (Å²) < 4.78 is 6.18. The summed E-state index contributed by atoms with van der Waals surface area (Å²) in [7, 11) is 1.68. The Bertz CT molecular complexity index is 1150. The number of anilines is 2. The topological polar surface area (TPSA) is 125 Å². The Morgan fingerprint density at radius 2 is 1.97 bits per heavy atom. The van der Waals surface area contributed by atoms with E-state index in [0.717, 1.165) is 38.6 Å². The molecule has 1 aliphatic carbocycles. The van der Waals surface area contributed by atoms with Crippen molar-refractivity contribution in [2.45, 2.75) is 64.7 Å². The van der Waals surface area contributed by atoms with Crippen molar-refractivity contribution in [2.75, 3.05) is 30.9 Å². The van der Waals surface area contributed by atoms with E-state index < -0.39 is 11.7 Å². The lowest BCUT2D eigenvalue weighted by Crippen LogP contribution is -2.30. The highest BCUT2D eigenvalue weighted by atomic mass is 32.1. The van der Waals surface area contributed by atoms with E-state index >= 15 is 0 Å². The van der Waals surface area contributed by atoms with Crippen LogP contribution in [-0.2, 0) is 4.74 Å². The number of methoxy groups -OCH3 is 1. The Balaban J connectivity index is 1.70. The minimum Gasteiger partial charge on any atom is -0.391 e. The van der Waals surface area contributed by atoms with Gasteiger partial charge in [0.1, 0.15) is 16.3 Å². The number of rotatable bonds is 9. The summed E-state index contributed by atoms with van der Waals surface area (Å²) >= 11 is 1.58. The molecule has 0 spiro atoms. The molecule has 1 fully saturated rings. The Hall–Kier alpha value is -2.40. The molecule has 9 nitrogen and oxygen atoms in total. The molecule has 4 rings (SSSR count). The SMILES string of the molecule is COCCCNc1nc(C)c(-c2nc3c(C)nccc3s2)c(N[C@@H]2C[C@H](C(C)(C)O)C[C@H]2O)n1. The summed E-state index contributed by atoms with van der Waals surface area (Å²) in [6.07, 6.45) is 3.23. The van der Waals surface area contributed by atoms with E-state index in [4.69, 9.17) is 19.7 Å². The molecule has 0 bridgehead atoms. The van der Waals surface area contributed by atoms with Crippen molar-refractivity contribution in [3.63, 3.8) is 0 Å². The molecule has 0 aromatic carbocycles. The van der Waals surface area contributed by atoms with Crippen LogP contribution in [0.3, 0.4) is 0 Å². The Morgan fingerprint density at radius 1 is 1.18 bits per heavy atom. The number of aryl methyl sites for hydroxylation is 2. The summed E-state index contributed by atoms with van der Waals surface area (Å²) in [5.74, 6) is 1.14. The van der Waals surface area contributed by atoms with Crippen LogP contribution < -0.4 is 10.6 Å². The van der Waals surface area contributed by atoms with Gasteiger partial charge in [-0.15, -0.1) is 11.3 Å². The first-order chi connectivity index (χ1) is 16.2. The summed E-state index contributed by atoms with van der Waals surface area (Å²) in [6.45, 7) is 8.84. The predicted octanol–water partition coefficient (Wildman–Crippen LogP) is 3.54. The van der Waals surface area contributed by atoms with Gasteiger partial charge in [-0.3, -0.25) is 4.98 Å². The molecule has 3 aromatic rings. The van der Waals surface area contributed by atoms with Gasteiger partial charge in [0.2, 0.25) is 5.95 Å². The van der Waals surface area contributed by atoms with Gasteiger partial charge in [0.25, 0.3) is 0 Å². The average molecular weight is 487 g/mol. The standard InChI is InChI=1S/C24H34N6O3S/c1-13-19(22-29-20-14(2)25-9-7-18(20)34-22)21(30-23(27-13)26-8-6-10-33-5)28-16-11-15(12-17(16)31)24(3,4)32/h7,9,15-17,31-32H,6,8,10-12H2,1-5H3,(H2,26,27,28,30)/t15-,16+,17+/m0/s1. The van der Waals surface area contributed by atoms with E-state index in [9.17, 15) is 10.2 Å². The van der Waals surface area contributed by atoms with Gasteiger partial charge < -0.3 is 25.6 Å². The summed E-state index contributed by atoms with van der Waals surface area (Å²) in [4.78, 5) is 18.7. The number of aromatic nitrogens is 4. The van der Waals surface area contributed by atoms with Gasteiger partial charge in [0.15, 0.2) is 0 Å². The van der Waals surface area contributed by atoms with E-state index in [1.807, 2.05) is 19.9 Å². The molecule has 0 amide bonds. The van der Waals surface area contributed by atoms with Crippen LogP contribution in [0.1, 0.15) is 44.5 Å². The molecule has 3 aromatic heterocycles. The molecule has 184 valence electrons. The number of fused-ring (bicyclic) bond motifs is 1. The predicted molar refractivity (Wildman–Crippen MR) is 135 cm³/mol. The quantitative estimate of drug-likeness (QED) is 0.336. The Morgan fingerprint density at radius 3 is 2.65 bits per heavy atom. The maximum Gasteiger partial charge on any atom is 0.224 e. The van der Waals surface area contributed by atoms with Gasteiger partial charge >= 0.3 is 0 Å². The molecule has 0 unspecified atom stereocenters. The first-order valence-electron chi connectivity index (χ1n) is 11.7. The second kappa shape index (κ2) is 10.1. The van der Waals surface area contributed by atoms with Crippen molar-refractivity contribution in [1.29, 1.82) is 0 Å². The molecule has 1 aliphatic rings. The maximum atomic E-state index is 10.8. The molecule has 4 N–H and O–H groups in total. The van der Waals surface area contributed by atoms with Crippen molar-refractivity contribution in [1.82, 2.24) is 19.9 Å². The fourth-order valence-electron chi connectivity index (χ4n) is 4.44. The van der Waals surface area contributed by atoms with Crippen molar-refractivity contribution >= 4 is 33.3 Å². The van der Waals surface area contributed by atoms with Crippen molar-refractivity contribution in [3.05, 3.63) is 23.7 Å². The van der Waals surface area contributed by atoms with Crippen molar-refractivity contribution in [2.24, 2.45) is 5.92 Å². The minimum atomic E-state index is -0.854. The Labute approximate surface area is 204 Å².